The third-order valence-corrected chi connectivity index (χ3v) is 26.4. The van der Waals surface area contributed by atoms with Gasteiger partial charge in [-0.25, -0.2) is 0 Å². The van der Waals surface area contributed by atoms with Gasteiger partial charge in [-0.2, -0.15) is 0 Å². The minimum atomic E-state index is -1.38. The molecule has 72 heavy (non-hydrogen) atoms. The molecule has 1 aliphatic rings. The van der Waals surface area contributed by atoms with Gasteiger partial charge >= 0.3 is 0 Å². The number of ether oxygens (including phenoxy) is 8. The molecular formula is C60H60O8P4. The van der Waals surface area contributed by atoms with Crippen molar-refractivity contribution < 1.29 is 37.9 Å². The lowest BCUT2D eigenvalue weighted by atomic mass is 9.96. The molecule has 0 heterocycles. The molecule has 0 aliphatic heterocycles. The molecule has 0 N–H and O–H groups in total. The molecule has 9 rings (SSSR count). The van der Waals surface area contributed by atoms with E-state index in [0.717, 1.165) is 88.4 Å². The van der Waals surface area contributed by atoms with Crippen molar-refractivity contribution in [1.82, 2.24) is 0 Å². The lowest BCUT2D eigenvalue weighted by molar-refractivity contribution is 0.415. The fourth-order valence-corrected chi connectivity index (χ4v) is 26.8. The van der Waals surface area contributed by atoms with Crippen LogP contribution in [0, 0.1) is 0 Å². The zero-order valence-electron chi connectivity index (χ0n) is 41.8. The number of hydrogen-bond donors (Lipinski definition) is 0. The summed E-state index contributed by atoms with van der Waals surface area (Å²) in [5, 5.41) is 9.01. The van der Waals surface area contributed by atoms with Crippen molar-refractivity contribution in [2.75, 3.05) is 56.9 Å². The van der Waals surface area contributed by atoms with Crippen LogP contribution in [0.5, 0.6) is 46.0 Å². The van der Waals surface area contributed by atoms with Crippen molar-refractivity contribution in [2.45, 2.75) is 22.6 Å². The molecule has 0 atom stereocenters. The van der Waals surface area contributed by atoms with Gasteiger partial charge in [0.15, 0.2) is 0 Å². The van der Waals surface area contributed by atoms with Gasteiger partial charge in [-0.3, -0.25) is 0 Å². The first kappa shape index (κ1) is 50.8. The number of rotatable bonds is 20. The van der Waals surface area contributed by atoms with Gasteiger partial charge in [0, 0.05) is 65.1 Å². The largest absolute Gasteiger partial charge is 0.496 e. The molecule has 0 aromatic heterocycles. The first-order chi connectivity index (χ1) is 35.5. The maximum absolute atomic E-state index is 6.47. The van der Waals surface area contributed by atoms with E-state index >= 15 is 0 Å². The third-order valence-electron chi connectivity index (χ3n) is 13.3. The van der Waals surface area contributed by atoms with E-state index in [1.54, 1.807) is 56.9 Å². The number of para-hydroxylation sites is 8. The van der Waals surface area contributed by atoms with Crippen molar-refractivity contribution in [2.24, 2.45) is 0 Å². The van der Waals surface area contributed by atoms with E-state index in [9.17, 15) is 0 Å². The third kappa shape index (κ3) is 9.64. The average Bonchev–Trinajstić information content (AvgIpc) is 3.45. The normalized spacial score (nSPS) is 16.3. The van der Waals surface area contributed by atoms with E-state index in [1.165, 1.54) is 0 Å². The molecule has 0 saturated heterocycles. The molecule has 1 aliphatic carbocycles. The van der Waals surface area contributed by atoms with E-state index in [4.69, 9.17) is 37.9 Å². The Labute approximate surface area is 429 Å². The van der Waals surface area contributed by atoms with E-state index in [-0.39, 0.29) is 22.6 Å². The SMILES string of the molecule is COc1ccccc1P(c1ccccc1OC)C1C(P(c2ccccc2OC)c2ccccc2OC)C(P(c2ccccc2OC)c2ccccc2OC)C1P(c1ccccc1OC)c1ccccc1OC. The van der Waals surface area contributed by atoms with Crippen molar-refractivity contribution >= 4 is 74.1 Å². The molecule has 0 amide bonds. The summed E-state index contributed by atoms with van der Waals surface area (Å²) in [5.41, 5.74) is -0.356. The molecule has 368 valence electrons. The Balaban J connectivity index is 1.53. The highest BCUT2D eigenvalue weighted by atomic mass is 31.1. The van der Waals surface area contributed by atoms with Gasteiger partial charge in [0.1, 0.15) is 46.0 Å². The zero-order valence-corrected chi connectivity index (χ0v) is 45.4. The maximum atomic E-state index is 6.47. The molecule has 12 heteroatoms. The van der Waals surface area contributed by atoms with Crippen LogP contribution in [0.25, 0.3) is 0 Å². The highest BCUT2D eigenvalue weighted by Crippen LogP contribution is 2.75. The highest BCUT2D eigenvalue weighted by Gasteiger charge is 2.64. The van der Waals surface area contributed by atoms with Crippen molar-refractivity contribution in [3.05, 3.63) is 194 Å². The quantitative estimate of drug-likeness (QED) is 0.0700. The second kappa shape index (κ2) is 23.6. The van der Waals surface area contributed by atoms with Crippen LogP contribution in [0.3, 0.4) is 0 Å². The predicted molar refractivity (Wildman–Crippen MR) is 304 cm³/mol. The molecule has 0 spiro atoms. The van der Waals surface area contributed by atoms with Crippen LogP contribution < -0.4 is 80.3 Å². The second-order valence-electron chi connectivity index (χ2n) is 16.8. The highest BCUT2D eigenvalue weighted by molar-refractivity contribution is 7.84. The Hall–Kier alpha value is -6.12. The monoisotopic (exact) mass is 1030 g/mol. The van der Waals surface area contributed by atoms with Crippen LogP contribution in [-0.4, -0.2) is 79.5 Å². The fraction of sp³-hybridized carbons (Fsp3) is 0.200. The molecule has 8 aromatic carbocycles. The molecule has 8 nitrogen and oxygen atoms in total. The minimum Gasteiger partial charge on any atom is -0.496 e. The van der Waals surface area contributed by atoms with Gasteiger partial charge in [0.2, 0.25) is 0 Å². The Kier molecular flexibility index (Phi) is 16.7. The summed E-state index contributed by atoms with van der Waals surface area (Å²) in [7, 11) is 8.71. The van der Waals surface area contributed by atoms with Crippen molar-refractivity contribution in [1.29, 1.82) is 0 Å². The predicted octanol–water partition coefficient (Wildman–Crippen LogP) is 10.1. The Morgan fingerprint density at radius 2 is 0.306 bits per heavy atom. The van der Waals surface area contributed by atoms with Gasteiger partial charge in [-0.1, -0.05) is 146 Å². The molecule has 0 bridgehead atoms. The molecule has 1 fully saturated rings. The van der Waals surface area contributed by atoms with Crippen LogP contribution in [0.4, 0.5) is 0 Å². The van der Waals surface area contributed by atoms with Gasteiger partial charge in [-0.05, 0) is 80.2 Å². The first-order valence-corrected chi connectivity index (χ1v) is 29.3. The maximum Gasteiger partial charge on any atom is 0.126 e. The number of methoxy groups -OCH3 is 8. The summed E-state index contributed by atoms with van der Waals surface area (Å²) >= 11 is 0. The van der Waals surface area contributed by atoms with Gasteiger partial charge in [-0.15, -0.1) is 0 Å². The summed E-state index contributed by atoms with van der Waals surface area (Å²) in [6, 6.07) is 68.6. The Bertz CT molecular complexity index is 2490. The summed E-state index contributed by atoms with van der Waals surface area (Å²) in [4.78, 5) is 0. The molecule has 0 radical (unpaired) electrons. The van der Waals surface area contributed by atoms with Crippen LogP contribution in [0.1, 0.15) is 0 Å². The smallest absolute Gasteiger partial charge is 0.126 e. The van der Waals surface area contributed by atoms with E-state index in [1.807, 2.05) is 0 Å². The lowest BCUT2D eigenvalue weighted by Gasteiger charge is -2.62. The van der Waals surface area contributed by atoms with E-state index in [0.29, 0.717) is 0 Å². The lowest BCUT2D eigenvalue weighted by Crippen LogP contribution is -2.65. The van der Waals surface area contributed by atoms with Gasteiger partial charge in [0.05, 0.1) is 56.9 Å². The van der Waals surface area contributed by atoms with Gasteiger partial charge < -0.3 is 37.9 Å². The molecule has 8 aromatic rings. The number of hydrogen-bond acceptors (Lipinski definition) is 8. The summed E-state index contributed by atoms with van der Waals surface area (Å²) in [5.74, 6) is 6.59. The molecular weight excluding hydrogens is 973 g/mol. The first-order valence-electron chi connectivity index (χ1n) is 23.7. The topological polar surface area (TPSA) is 73.8 Å². The van der Waals surface area contributed by atoms with E-state index in [2.05, 4.69) is 194 Å². The Morgan fingerprint density at radius 3 is 0.417 bits per heavy atom. The van der Waals surface area contributed by atoms with Crippen LogP contribution in [0.2, 0.25) is 0 Å². The minimum absolute atomic E-state index is 0.0890. The molecule has 1 saturated carbocycles. The van der Waals surface area contributed by atoms with Crippen LogP contribution in [-0.2, 0) is 0 Å². The Morgan fingerprint density at radius 1 is 0.194 bits per heavy atom. The van der Waals surface area contributed by atoms with E-state index < -0.39 is 31.7 Å². The summed E-state index contributed by atoms with van der Waals surface area (Å²) in [6.45, 7) is 0. The zero-order chi connectivity index (χ0) is 50.1. The second-order valence-corrected chi connectivity index (χ2v) is 26.0. The summed E-state index contributed by atoms with van der Waals surface area (Å²) in [6.07, 6.45) is 0. The summed E-state index contributed by atoms with van der Waals surface area (Å²) < 4.78 is 51.7. The van der Waals surface area contributed by atoms with Crippen LogP contribution >= 0.6 is 31.7 Å². The standard InChI is InChI=1S/C60H60O8P4/c1-61-41-25-9-17-33-49(41)69(50-34-18-10-26-42(50)62-2)57-58(70(51-35-19-11-27-43(51)63-3)52-36-20-12-28-44(52)64-4)60(72(55-39-23-15-31-47(55)67-7)56-40-24-16-32-48(56)68-8)59(57)71(53-37-21-13-29-45(53)65-5)54-38-22-14-30-46(54)66-6/h9-40,57-60H,1-8H3. The van der Waals surface area contributed by atoms with Gasteiger partial charge in [0.25, 0.3) is 0 Å². The number of benzene rings is 8. The van der Waals surface area contributed by atoms with Crippen molar-refractivity contribution in [3.63, 3.8) is 0 Å². The van der Waals surface area contributed by atoms with Crippen molar-refractivity contribution in [3.8, 4) is 46.0 Å². The van der Waals surface area contributed by atoms with Crippen LogP contribution in [0.15, 0.2) is 194 Å². The average molecular weight is 1030 g/mol. The fourth-order valence-electron chi connectivity index (χ4n) is 10.3. The molecule has 0 unspecified atom stereocenters.